The van der Waals surface area contributed by atoms with E-state index in [1.54, 1.807) is 9.25 Å². The van der Waals surface area contributed by atoms with Crippen LogP contribution in [0.2, 0.25) is 0 Å². The fraction of sp³-hybridized carbons (Fsp3) is 0.320. The van der Waals surface area contributed by atoms with Crippen molar-refractivity contribution in [2.75, 3.05) is 0 Å². The van der Waals surface area contributed by atoms with Crippen molar-refractivity contribution in [3.63, 3.8) is 0 Å². The summed E-state index contributed by atoms with van der Waals surface area (Å²) in [6.07, 6.45) is 5.58. The fourth-order valence-electron chi connectivity index (χ4n) is 3.73. The zero-order chi connectivity index (χ0) is 23.2. The second kappa shape index (κ2) is 10.2. The van der Waals surface area contributed by atoms with Crippen LogP contribution in [-0.2, 0) is 19.5 Å². The Morgan fingerprint density at radius 1 is 1.06 bits per heavy atom. The molecule has 8 heteroatoms. The number of aromatic amines is 1. The lowest BCUT2D eigenvalue weighted by Gasteiger charge is -2.09. The van der Waals surface area contributed by atoms with E-state index >= 15 is 0 Å². The van der Waals surface area contributed by atoms with Crippen molar-refractivity contribution in [3.05, 3.63) is 82.6 Å². The first-order valence-electron chi connectivity index (χ1n) is 11.3. The molecule has 4 aromatic rings. The molecule has 0 fully saturated rings. The van der Waals surface area contributed by atoms with Gasteiger partial charge >= 0.3 is 5.69 Å². The Morgan fingerprint density at radius 3 is 2.48 bits per heavy atom. The lowest BCUT2D eigenvalue weighted by molar-refractivity contribution is 0.473. The number of aryl methyl sites for hydroxylation is 1. The molecule has 0 radical (unpaired) electrons. The predicted octanol–water partition coefficient (Wildman–Crippen LogP) is 4.10. The molecule has 4 rings (SSSR count). The highest BCUT2D eigenvalue weighted by Crippen LogP contribution is 2.29. The molecule has 0 aliphatic rings. The predicted molar refractivity (Wildman–Crippen MR) is 129 cm³/mol. The summed E-state index contributed by atoms with van der Waals surface area (Å²) in [6.45, 7) is 7.41. The number of H-pyrrole nitrogens is 1. The van der Waals surface area contributed by atoms with Crippen molar-refractivity contribution in [2.24, 2.45) is 5.92 Å². The van der Waals surface area contributed by atoms with Crippen LogP contribution in [0.3, 0.4) is 0 Å². The second-order valence-electron chi connectivity index (χ2n) is 8.46. The van der Waals surface area contributed by atoms with Crippen LogP contribution in [0.4, 0.5) is 0 Å². The maximum Gasteiger partial charge on any atom is 0.346 e. The Morgan fingerprint density at radius 2 is 1.82 bits per heavy atom. The van der Waals surface area contributed by atoms with E-state index in [0.29, 0.717) is 31.3 Å². The maximum atomic E-state index is 13.1. The molecule has 8 nitrogen and oxygen atoms in total. The minimum Gasteiger partial charge on any atom is -0.274 e. The third-order valence-electron chi connectivity index (χ3n) is 5.59. The molecule has 0 aliphatic carbocycles. The number of nitrogens with zero attached hydrogens (tertiary/aromatic N) is 6. The zero-order valence-corrected chi connectivity index (χ0v) is 19.3. The molecule has 0 atom stereocenters. The van der Waals surface area contributed by atoms with Crippen LogP contribution < -0.4 is 5.69 Å². The third-order valence-corrected chi connectivity index (χ3v) is 5.59. The van der Waals surface area contributed by atoms with Crippen molar-refractivity contribution >= 4 is 0 Å². The van der Waals surface area contributed by atoms with Gasteiger partial charge in [0.15, 0.2) is 5.82 Å². The standard InChI is InChI=1S/C25H29N7O/c1-4-5-10-23-28-32(16-15-18(2)3)25(33)31(23)17-19-11-13-20(14-12-19)21-8-6-7-9-22(21)24-26-29-30-27-24/h4-9,11-14,18H,10,15-17H2,1-3H3,(H,26,27,29,30)/b5-4+. The van der Waals surface area contributed by atoms with Crippen LogP contribution in [0.25, 0.3) is 22.5 Å². The molecule has 1 N–H and O–H groups in total. The molecule has 0 saturated carbocycles. The van der Waals surface area contributed by atoms with Crippen molar-refractivity contribution in [2.45, 2.75) is 46.7 Å². The zero-order valence-electron chi connectivity index (χ0n) is 19.3. The highest BCUT2D eigenvalue weighted by atomic mass is 16.2. The van der Waals surface area contributed by atoms with E-state index in [9.17, 15) is 4.79 Å². The first-order valence-corrected chi connectivity index (χ1v) is 11.3. The largest absolute Gasteiger partial charge is 0.346 e. The van der Waals surface area contributed by atoms with Gasteiger partial charge in [-0.25, -0.2) is 14.6 Å². The summed E-state index contributed by atoms with van der Waals surface area (Å²) >= 11 is 0. The van der Waals surface area contributed by atoms with Gasteiger partial charge in [-0.15, -0.1) is 5.10 Å². The van der Waals surface area contributed by atoms with E-state index < -0.39 is 0 Å². The number of tetrazole rings is 1. The summed E-state index contributed by atoms with van der Waals surface area (Å²) in [6, 6.07) is 16.2. The van der Waals surface area contributed by atoms with Gasteiger partial charge in [-0.05, 0) is 46.4 Å². The number of hydrogen-bond donors (Lipinski definition) is 1. The first-order chi connectivity index (χ1) is 16.1. The molecular formula is C25H29N7O. The number of aromatic nitrogens is 7. The van der Waals surface area contributed by atoms with Gasteiger partial charge in [-0.2, -0.15) is 5.10 Å². The smallest absolute Gasteiger partial charge is 0.274 e. The lowest BCUT2D eigenvalue weighted by atomic mass is 9.98. The highest BCUT2D eigenvalue weighted by molar-refractivity contribution is 5.80. The van der Waals surface area contributed by atoms with Crippen LogP contribution in [0.15, 0.2) is 65.5 Å². The van der Waals surface area contributed by atoms with Crippen molar-refractivity contribution in [3.8, 4) is 22.5 Å². The average molecular weight is 444 g/mol. The maximum absolute atomic E-state index is 13.1. The average Bonchev–Trinajstić information content (AvgIpc) is 3.46. The summed E-state index contributed by atoms with van der Waals surface area (Å²) < 4.78 is 3.39. The van der Waals surface area contributed by atoms with Crippen LogP contribution in [0.1, 0.15) is 38.6 Å². The fourth-order valence-corrected chi connectivity index (χ4v) is 3.73. The van der Waals surface area contributed by atoms with Gasteiger partial charge in [-0.1, -0.05) is 74.5 Å². The SMILES string of the molecule is C/C=C/Cc1nn(CCC(C)C)c(=O)n1Cc1ccc(-c2ccccc2-c2nnn[nH]2)cc1. The lowest BCUT2D eigenvalue weighted by Crippen LogP contribution is -2.26. The van der Waals surface area contributed by atoms with Crippen molar-refractivity contribution < 1.29 is 0 Å². The first kappa shape index (κ1) is 22.4. The van der Waals surface area contributed by atoms with Gasteiger partial charge < -0.3 is 0 Å². The third kappa shape index (κ3) is 5.16. The molecule has 2 aromatic heterocycles. The summed E-state index contributed by atoms with van der Waals surface area (Å²) in [5, 5.41) is 18.9. The Labute approximate surface area is 193 Å². The summed E-state index contributed by atoms with van der Waals surface area (Å²) in [7, 11) is 0. The summed E-state index contributed by atoms with van der Waals surface area (Å²) in [4.78, 5) is 13.1. The van der Waals surface area contributed by atoms with E-state index in [4.69, 9.17) is 0 Å². The van der Waals surface area contributed by atoms with Gasteiger partial charge in [0.25, 0.3) is 0 Å². The highest BCUT2D eigenvalue weighted by Gasteiger charge is 2.14. The molecule has 0 saturated heterocycles. The molecular weight excluding hydrogens is 414 g/mol. The van der Waals surface area contributed by atoms with Gasteiger partial charge in [0.2, 0.25) is 0 Å². The Balaban J connectivity index is 1.61. The summed E-state index contributed by atoms with van der Waals surface area (Å²) in [5.74, 6) is 1.93. The van der Waals surface area contributed by atoms with E-state index in [1.807, 2.05) is 43.3 Å². The van der Waals surface area contributed by atoms with Crippen LogP contribution in [0.5, 0.6) is 0 Å². The number of rotatable bonds is 9. The van der Waals surface area contributed by atoms with Crippen molar-refractivity contribution in [1.29, 1.82) is 0 Å². The monoisotopic (exact) mass is 443 g/mol. The molecule has 170 valence electrons. The molecule has 0 aliphatic heterocycles. The number of hydrogen-bond acceptors (Lipinski definition) is 5. The Hall–Kier alpha value is -3.81. The normalized spacial score (nSPS) is 11.6. The second-order valence-corrected chi connectivity index (χ2v) is 8.46. The number of allylic oxidation sites excluding steroid dienone is 2. The number of benzene rings is 2. The minimum absolute atomic E-state index is 0.0533. The van der Waals surface area contributed by atoms with Gasteiger partial charge in [-0.3, -0.25) is 4.57 Å². The van der Waals surface area contributed by atoms with E-state index in [2.05, 4.69) is 63.8 Å². The van der Waals surface area contributed by atoms with E-state index in [1.165, 1.54) is 0 Å². The Bertz CT molecular complexity index is 1270. The van der Waals surface area contributed by atoms with Crippen LogP contribution in [0, 0.1) is 5.92 Å². The quantitative estimate of drug-likeness (QED) is 0.393. The van der Waals surface area contributed by atoms with Crippen LogP contribution >= 0.6 is 0 Å². The van der Waals surface area contributed by atoms with E-state index in [-0.39, 0.29) is 5.69 Å². The van der Waals surface area contributed by atoms with Crippen molar-refractivity contribution in [1.82, 2.24) is 35.0 Å². The summed E-state index contributed by atoms with van der Waals surface area (Å²) in [5.41, 5.74) is 4.02. The topological polar surface area (TPSA) is 94.3 Å². The minimum atomic E-state index is -0.0533. The van der Waals surface area contributed by atoms with E-state index in [0.717, 1.165) is 34.5 Å². The molecule has 33 heavy (non-hydrogen) atoms. The van der Waals surface area contributed by atoms with Gasteiger partial charge in [0.1, 0.15) is 5.82 Å². The molecule has 0 unspecified atom stereocenters. The van der Waals surface area contributed by atoms with Crippen LogP contribution in [-0.4, -0.2) is 35.0 Å². The molecule has 2 heterocycles. The molecule has 2 aromatic carbocycles. The molecule has 0 bridgehead atoms. The Kier molecular flexibility index (Phi) is 6.92. The molecule has 0 spiro atoms. The molecule has 0 amide bonds. The number of nitrogens with one attached hydrogen (secondary N) is 1. The van der Waals surface area contributed by atoms with Gasteiger partial charge in [0, 0.05) is 18.5 Å². The van der Waals surface area contributed by atoms with Gasteiger partial charge in [0.05, 0.1) is 6.54 Å².